The topological polar surface area (TPSA) is 48.1 Å². The Balaban J connectivity index is 1.54. The molecule has 1 saturated heterocycles. The van der Waals surface area contributed by atoms with Gasteiger partial charge in [0.25, 0.3) is 5.56 Å². The molecular formula is C23H26ClN3O. The SMILES string of the molecule is Cc1ccc(C)c2[nH]c(=O)c(CNc3ccc(N4CCCCC4)c(Cl)c3)cc12. The number of H-pyrrole nitrogens is 1. The Kier molecular flexibility index (Phi) is 5.31. The summed E-state index contributed by atoms with van der Waals surface area (Å²) in [6.07, 6.45) is 3.74. The van der Waals surface area contributed by atoms with Gasteiger partial charge in [0.2, 0.25) is 0 Å². The number of nitrogens with one attached hydrogen (secondary N) is 2. The van der Waals surface area contributed by atoms with Crippen LogP contribution in [0.5, 0.6) is 0 Å². The molecular weight excluding hydrogens is 370 g/mol. The summed E-state index contributed by atoms with van der Waals surface area (Å²) >= 11 is 6.54. The minimum Gasteiger partial charge on any atom is -0.381 e. The van der Waals surface area contributed by atoms with E-state index in [4.69, 9.17) is 11.6 Å². The fraction of sp³-hybridized carbons (Fsp3) is 0.348. The maximum atomic E-state index is 12.5. The highest BCUT2D eigenvalue weighted by Gasteiger charge is 2.14. The van der Waals surface area contributed by atoms with Crippen LogP contribution < -0.4 is 15.8 Å². The molecule has 0 bridgehead atoms. The van der Waals surface area contributed by atoms with Gasteiger partial charge in [-0.2, -0.15) is 0 Å². The number of rotatable bonds is 4. The molecule has 146 valence electrons. The number of halogens is 1. The number of hydrogen-bond acceptors (Lipinski definition) is 3. The summed E-state index contributed by atoms with van der Waals surface area (Å²) < 4.78 is 0. The molecule has 1 aliphatic heterocycles. The molecule has 0 radical (unpaired) electrons. The molecule has 0 aliphatic carbocycles. The van der Waals surface area contributed by atoms with Gasteiger partial charge in [-0.3, -0.25) is 4.79 Å². The molecule has 2 aromatic carbocycles. The molecule has 4 nitrogen and oxygen atoms in total. The summed E-state index contributed by atoms with van der Waals surface area (Å²) in [5, 5.41) is 5.20. The van der Waals surface area contributed by atoms with Crippen LogP contribution in [0, 0.1) is 13.8 Å². The van der Waals surface area contributed by atoms with Gasteiger partial charge in [0.1, 0.15) is 0 Å². The van der Waals surface area contributed by atoms with E-state index in [1.165, 1.54) is 19.3 Å². The highest BCUT2D eigenvalue weighted by molar-refractivity contribution is 6.33. The van der Waals surface area contributed by atoms with E-state index in [2.05, 4.69) is 34.3 Å². The van der Waals surface area contributed by atoms with Gasteiger partial charge in [0.15, 0.2) is 0 Å². The summed E-state index contributed by atoms with van der Waals surface area (Å²) in [6.45, 7) is 6.67. The van der Waals surface area contributed by atoms with E-state index in [0.29, 0.717) is 6.54 Å². The number of pyridine rings is 1. The highest BCUT2D eigenvalue weighted by atomic mass is 35.5. The number of nitrogens with zero attached hydrogens (tertiary/aromatic N) is 1. The lowest BCUT2D eigenvalue weighted by Crippen LogP contribution is -2.29. The Bertz CT molecular complexity index is 1070. The van der Waals surface area contributed by atoms with Crippen molar-refractivity contribution in [1.29, 1.82) is 0 Å². The predicted octanol–water partition coefficient (Wildman–Crippen LogP) is 5.40. The highest BCUT2D eigenvalue weighted by Crippen LogP contribution is 2.31. The third-order valence-electron chi connectivity index (χ3n) is 5.65. The first-order valence-corrected chi connectivity index (χ1v) is 10.3. The van der Waals surface area contributed by atoms with Gasteiger partial charge in [0.05, 0.1) is 16.2 Å². The van der Waals surface area contributed by atoms with Crippen LogP contribution in [0.4, 0.5) is 11.4 Å². The third-order valence-corrected chi connectivity index (χ3v) is 5.95. The Labute approximate surface area is 170 Å². The van der Waals surface area contributed by atoms with Crippen molar-refractivity contribution in [3.05, 3.63) is 68.5 Å². The van der Waals surface area contributed by atoms with Crippen LogP contribution in [-0.4, -0.2) is 18.1 Å². The molecule has 1 fully saturated rings. The molecule has 1 aliphatic rings. The van der Waals surface area contributed by atoms with Gasteiger partial charge in [-0.15, -0.1) is 0 Å². The molecule has 0 unspecified atom stereocenters. The van der Waals surface area contributed by atoms with Crippen molar-refractivity contribution in [2.24, 2.45) is 0 Å². The van der Waals surface area contributed by atoms with E-state index < -0.39 is 0 Å². The van der Waals surface area contributed by atoms with Crippen molar-refractivity contribution in [3.63, 3.8) is 0 Å². The first kappa shape index (κ1) is 18.9. The molecule has 3 aromatic rings. The van der Waals surface area contributed by atoms with E-state index in [0.717, 1.165) is 57.1 Å². The zero-order chi connectivity index (χ0) is 19.7. The number of aryl methyl sites for hydroxylation is 2. The van der Waals surface area contributed by atoms with Crippen LogP contribution in [0.2, 0.25) is 5.02 Å². The molecule has 5 heteroatoms. The fourth-order valence-electron chi connectivity index (χ4n) is 3.95. The number of anilines is 2. The maximum Gasteiger partial charge on any atom is 0.253 e. The number of fused-ring (bicyclic) bond motifs is 1. The number of benzene rings is 2. The van der Waals surface area contributed by atoms with Crippen molar-refractivity contribution in [1.82, 2.24) is 4.98 Å². The van der Waals surface area contributed by atoms with Crippen molar-refractivity contribution in [3.8, 4) is 0 Å². The lowest BCUT2D eigenvalue weighted by Gasteiger charge is -2.29. The number of aromatic nitrogens is 1. The molecule has 28 heavy (non-hydrogen) atoms. The number of hydrogen-bond donors (Lipinski definition) is 2. The molecule has 0 atom stereocenters. The van der Waals surface area contributed by atoms with E-state index >= 15 is 0 Å². The summed E-state index contributed by atoms with van der Waals surface area (Å²) in [4.78, 5) is 17.9. The lowest BCUT2D eigenvalue weighted by molar-refractivity contribution is 0.578. The Morgan fingerprint density at radius 1 is 1.04 bits per heavy atom. The van der Waals surface area contributed by atoms with Crippen molar-refractivity contribution >= 4 is 33.9 Å². The molecule has 0 amide bonds. The van der Waals surface area contributed by atoms with Crippen LogP contribution >= 0.6 is 11.6 Å². The Morgan fingerprint density at radius 2 is 1.79 bits per heavy atom. The molecule has 4 rings (SSSR count). The van der Waals surface area contributed by atoms with Gasteiger partial charge in [-0.1, -0.05) is 23.7 Å². The summed E-state index contributed by atoms with van der Waals surface area (Å²) in [6, 6.07) is 12.2. The molecule has 1 aromatic heterocycles. The summed E-state index contributed by atoms with van der Waals surface area (Å²) in [5.74, 6) is 0. The van der Waals surface area contributed by atoms with Gasteiger partial charge >= 0.3 is 0 Å². The molecule has 2 N–H and O–H groups in total. The lowest BCUT2D eigenvalue weighted by atomic mass is 10.0. The zero-order valence-corrected chi connectivity index (χ0v) is 17.2. The van der Waals surface area contributed by atoms with Gasteiger partial charge < -0.3 is 15.2 Å². The fourth-order valence-corrected chi connectivity index (χ4v) is 4.26. The van der Waals surface area contributed by atoms with Crippen LogP contribution in [-0.2, 0) is 6.54 Å². The third kappa shape index (κ3) is 3.74. The van der Waals surface area contributed by atoms with Crippen molar-refractivity contribution in [2.75, 3.05) is 23.3 Å². The quantitative estimate of drug-likeness (QED) is 0.621. The van der Waals surface area contributed by atoms with Crippen LogP contribution in [0.3, 0.4) is 0 Å². The average molecular weight is 396 g/mol. The Hall–Kier alpha value is -2.46. The van der Waals surface area contributed by atoms with Crippen molar-refractivity contribution in [2.45, 2.75) is 39.7 Å². The van der Waals surface area contributed by atoms with Gasteiger partial charge in [-0.25, -0.2) is 0 Å². The average Bonchev–Trinajstić information content (AvgIpc) is 2.70. The summed E-state index contributed by atoms with van der Waals surface area (Å²) in [7, 11) is 0. The normalized spacial score (nSPS) is 14.5. The van der Waals surface area contributed by atoms with Crippen LogP contribution in [0.1, 0.15) is 36.0 Å². The summed E-state index contributed by atoms with van der Waals surface area (Å²) in [5.41, 5.74) is 5.85. The predicted molar refractivity (Wildman–Crippen MR) is 119 cm³/mol. The van der Waals surface area contributed by atoms with Gasteiger partial charge in [0, 0.05) is 36.3 Å². The minimum atomic E-state index is -0.0512. The van der Waals surface area contributed by atoms with Crippen molar-refractivity contribution < 1.29 is 0 Å². The second kappa shape index (κ2) is 7.88. The minimum absolute atomic E-state index is 0.0512. The van der Waals surface area contributed by atoms with Gasteiger partial charge in [-0.05, 0) is 68.5 Å². The first-order chi connectivity index (χ1) is 13.5. The smallest absolute Gasteiger partial charge is 0.253 e. The number of piperidine rings is 1. The van der Waals surface area contributed by atoms with E-state index in [-0.39, 0.29) is 5.56 Å². The standard InChI is InChI=1S/C23H26ClN3O/c1-15-6-7-16(2)22-19(15)12-17(23(28)26-22)14-25-18-8-9-21(20(24)13-18)27-10-4-3-5-11-27/h6-9,12-13,25H,3-5,10-11,14H2,1-2H3,(H,26,28). The Morgan fingerprint density at radius 3 is 2.54 bits per heavy atom. The van der Waals surface area contributed by atoms with Crippen LogP contribution in [0.25, 0.3) is 10.9 Å². The zero-order valence-electron chi connectivity index (χ0n) is 16.4. The largest absolute Gasteiger partial charge is 0.381 e. The molecule has 2 heterocycles. The molecule has 0 saturated carbocycles. The monoisotopic (exact) mass is 395 g/mol. The first-order valence-electron chi connectivity index (χ1n) is 9.93. The second-order valence-corrected chi connectivity index (χ2v) is 8.09. The van der Waals surface area contributed by atoms with E-state index in [1.807, 2.05) is 31.2 Å². The molecule has 0 spiro atoms. The van der Waals surface area contributed by atoms with E-state index in [9.17, 15) is 4.79 Å². The van der Waals surface area contributed by atoms with E-state index in [1.54, 1.807) is 0 Å². The second-order valence-electron chi connectivity index (χ2n) is 7.68. The number of aromatic amines is 1. The maximum absolute atomic E-state index is 12.5. The van der Waals surface area contributed by atoms with Crippen LogP contribution in [0.15, 0.2) is 41.2 Å².